The second-order valence-electron chi connectivity index (χ2n) is 8.21. The Hall–Kier alpha value is -3.09. The molecule has 11 nitrogen and oxygen atoms in total. The van der Waals surface area contributed by atoms with Gasteiger partial charge in [-0.15, -0.1) is 0 Å². The normalized spacial score (nSPS) is 18.6. The number of carbonyl (C=O) groups excluding carboxylic acids is 1. The molecule has 1 aromatic carbocycles. The van der Waals surface area contributed by atoms with Gasteiger partial charge < -0.3 is 10.4 Å². The third kappa shape index (κ3) is 7.47. The number of aliphatic hydroxyl groups is 1. The van der Waals surface area contributed by atoms with Gasteiger partial charge in [0, 0.05) is 19.0 Å². The maximum Gasteiger partial charge on any atom is 0.275 e. The predicted molar refractivity (Wildman–Crippen MR) is 130 cm³/mol. The molecular weight excluding hydrogens is 458 g/mol. The van der Waals surface area contributed by atoms with Gasteiger partial charge >= 0.3 is 0 Å². The van der Waals surface area contributed by atoms with Crippen LogP contribution in [-0.2, 0) is 10.0 Å². The van der Waals surface area contributed by atoms with Crippen LogP contribution in [0.1, 0.15) is 55.8 Å². The summed E-state index contributed by atoms with van der Waals surface area (Å²) in [6.45, 7) is 2.80. The van der Waals surface area contributed by atoms with Crippen molar-refractivity contribution in [1.82, 2.24) is 15.4 Å². The fourth-order valence-electron chi connectivity index (χ4n) is 3.44. The lowest BCUT2D eigenvalue weighted by atomic mass is 9.88. The van der Waals surface area contributed by atoms with Crippen LogP contribution >= 0.6 is 0 Å². The number of hydrogen-bond acceptors (Lipinski definition) is 9. The lowest BCUT2D eigenvalue weighted by molar-refractivity contribution is 0.0962. The van der Waals surface area contributed by atoms with E-state index in [1.807, 2.05) is 0 Å². The van der Waals surface area contributed by atoms with Crippen molar-refractivity contribution in [1.29, 1.82) is 0 Å². The van der Waals surface area contributed by atoms with Gasteiger partial charge in [-0.25, -0.2) is 23.5 Å². The first kappa shape index (κ1) is 25.5. The smallest absolute Gasteiger partial charge is 0.275 e. The van der Waals surface area contributed by atoms with Crippen LogP contribution in [0.15, 0.2) is 40.4 Å². The number of nitrogens with one attached hydrogen (secondary N) is 3. The summed E-state index contributed by atoms with van der Waals surface area (Å²) in [4.78, 5) is 25.9. The molecule has 1 heterocycles. The number of aliphatic hydroxyl groups excluding tert-OH is 1. The Balaban J connectivity index is 1.73. The summed E-state index contributed by atoms with van der Waals surface area (Å²) < 4.78 is 22.8. The van der Waals surface area contributed by atoms with Gasteiger partial charge in [0.05, 0.1) is 16.7 Å². The summed E-state index contributed by atoms with van der Waals surface area (Å²) in [5, 5.41) is 17.9. The summed E-state index contributed by atoms with van der Waals surface area (Å²) in [5.74, 6) is 0.342. The van der Waals surface area contributed by atoms with Crippen molar-refractivity contribution >= 4 is 39.6 Å². The largest absolute Gasteiger partial charge is 0.393 e. The standard InChI is InChI=1S/C22H31N7O4S/c1-2-3-12-24-22-26-14-19(20(27-22)25-13-15-4-8-17(30)9-5-15)21(31)29-28-16-6-10-18(11-7-16)34(23,32)33/h6-7,10-11,13-15,17,28,30H,2-5,8-9,12H2,1H3,(H,29,31)(H2,23,32,33)(H,24,26,27)/b25-13-. The minimum absolute atomic E-state index is 0.0317. The molecule has 1 fully saturated rings. The van der Waals surface area contributed by atoms with Gasteiger partial charge in [-0.05, 0) is 62.3 Å². The Kier molecular flexibility index (Phi) is 8.91. The number of nitrogens with two attached hydrogens (primary N) is 1. The summed E-state index contributed by atoms with van der Waals surface area (Å²) in [6.07, 6.45) is 8.05. The molecule has 0 bridgehead atoms. The van der Waals surface area contributed by atoms with E-state index in [0.29, 0.717) is 18.2 Å². The molecule has 1 aromatic heterocycles. The fourth-order valence-corrected chi connectivity index (χ4v) is 3.96. The average molecular weight is 490 g/mol. The molecule has 34 heavy (non-hydrogen) atoms. The predicted octanol–water partition coefficient (Wildman–Crippen LogP) is 2.35. The van der Waals surface area contributed by atoms with E-state index in [2.05, 4.69) is 38.1 Å². The Morgan fingerprint density at radius 3 is 2.59 bits per heavy atom. The number of carbonyl (C=O) groups is 1. The lowest BCUT2D eigenvalue weighted by Crippen LogP contribution is -2.30. The summed E-state index contributed by atoms with van der Waals surface area (Å²) in [6, 6.07) is 5.63. The molecule has 1 saturated carbocycles. The molecule has 12 heteroatoms. The summed E-state index contributed by atoms with van der Waals surface area (Å²) >= 11 is 0. The highest BCUT2D eigenvalue weighted by atomic mass is 32.2. The number of amides is 1. The van der Waals surface area contributed by atoms with Gasteiger partial charge in [0.25, 0.3) is 5.91 Å². The molecule has 3 rings (SSSR count). The van der Waals surface area contributed by atoms with Crippen LogP contribution in [0.25, 0.3) is 0 Å². The van der Waals surface area contributed by atoms with E-state index in [1.54, 1.807) is 6.21 Å². The zero-order valence-electron chi connectivity index (χ0n) is 19.1. The number of unbranched alkanes of at least 4 members (excludes halogenated alkanes) is 1. The van der Waals surface area contributed by atoms with Crippen molar-refractivity contribution in [2.45, 2.75) is 56.4 Å². The Labute approximate surface area is 199 Å². The highest BCUT2D eigenvalue weighted by Gasteiger charge is 2.19. The van der Waals surface area contributed by atoms with Crippen molar-refractivity contribution in [2.24, 2.45) is 16.0 Å². The monoisotopic (exact) mass is 489 g/mol. The van der Waals surface area contributed by atoms with Gasteiger partial charge in [0.15, 0.2) is 5.82 Å². The number of primary sulfonamides is 1. The SMILES string of the molecule is CCCCNc1ncc(C(=O)NNc2ccc(S(N)(=O)=O)cc2)c(/N=C\C2CCC(O)CC2)n1. The molecule has 0 atom stereocenters. The van der Waals surface area contributed by atoms with Crippen LogP contribution < -0.4 is 21.3 Å². The van der Waals surface area contributed by atoms with Crippen LogP contribution in [0.4, 0.5) is 17.5 Å². The third-order valence-electron chi connectivity index (χ3n) is 5.48. The zero-order valence-corrected chi connectivity index (χ0v) is 19.9. The molecule has 1 amide bonds. The topological polar surface area (TPSA) is 172 Å². The number of sulfonamides is 1. The van der Waals surface area contributed by atoms with Crippen molar-refractivity contribution in [3.05, 3.63) is 36.0 Å². The van der Waals surface area contributed by atoms with Gasteiger partial charge in [0.2, 0.25) is 16.0 Å². The summed E-state index contributed by atoms with van der Waals surface area (Å²) in [7, 11) is -3.80. The van der Waals surface area contributed by atoms with Crippen molar-refractivity contribution < 1.29 is 18.3 Å². The van der Waals surface area contributed by atoms with Gasteiger partial charge in [-0.3, -0.25) is 15.6 Å². The lowest BCUT2D eigenvalue weighted by Gasteiger charge is -2.22. The fraction of sp³-hybridized carbons (Fsp3) is 0.455. The number of hydrazine groups is 1. The molecule has 6 N–H and O–H groups in total. The minimum atomic E-state index is -3.80. The average Bonchev–Trinajstić information content (AvgIpc) is 2.82. The number of aliphatic imine (C=N–C) groups is 1. The molecule has 1 aliphatic rings. The van der Waals surface area contributed by atoms with E-state index in [9.17, 15) is 18.3 Å². The van der Waals surface area contributed by atoms with E-state index < -0.39 is 15.9 Å². The molecule has 2 aromatic rings. The van der Waals surface area contributed by atoms with Gasteiger partial charge in [0.1, 0.15) is 5.56 Å². The number of aromatic nitrogens is 2. The molecule has 184 valence electrons. The number of nitrogens with zero attached hydrogens (tertiary/aromatic N) is 3. The van der Waals surface area contributed by atoms with E-state index in [-0.39, 0.29) is 28.3 Å². The van der Waals surface area contributed by atoms with Crippen LogP contribution in [0.2, 0.25) is 0 Å². The molecule has 1 aliphatic carbocycles. The first-order chi connectivity index (χ1) is 16.3. The maximum absolute atomic E-state index is 12.8. The van der Waals surface area contributed by atoms with Gasteiger partial charge in [-0.2, -0.15) is 4.98 Å². The van der Waals surface area contributed by atoms with Crippen LogP contribution in [0.5, 0.6) is 0 Å². The minimum Gasteiger partial charge on any atom is -0.393 e. The highest BCUT2D eigenvalue weighted by molar-refractivity contribution is 7.89. The van der Waals surface area contributed by atoms with Crippen LogP contribution in [-0.4, -0.2) is 48.3 Å². The first-order valence-electron chi connectivity index (χ1n) is 11.3. The quantitative estimate of drug-likeness (QED) is 0.192. The summed E-state index contributed by atoms with van der Waals surface area (Å²) in [5.41, 5.74) is 5.93. The molecule has 0 unspecified atom stereocenters. The second kappa shape index (κ2) is 11.9. The number of rotatable bonds is 10. The number of benzene rings is 1. The molecule has 0 spiro atoms. The van der Waals surface area contributed by atoms with Crippen LogP contribution in [0.3, 0.4) is 0 Å². The van der Waals surface area contributed by atoms with E-state index in [0.717, 1.165) is 38.5 Å². The second-order valence-corrected chi connectivity index (χ2v) is 9.77. The Morgan fingerprint density at radius 2 is 1.94 bits per heavy atom. The highest BCUT2D eigenvalue weighted by Crippen LogP contribution is 2.24. The van der Waals surface area contributed by atoms with Crippen LogP contribution in [0, 0.1) is 5.92 Å². The Bertz CT molecular complexity index is 1100. The van der Waals surface area contributed by atoms with Crippen molar-refractivity contribution in [3.8, 4) is 0 Å². The molecule has 0 aliphatic heterocycles. The number of hydrogen-bond donors (Lipinski definition) is 5. The van der Waals surface area contributed by atoms with Gasteiger partial charge in [-0.1, -0.05) is 13.3 Å². The maximum atomic E-state index is 12.8. The van der Waals surface area contributed by atoms with E-state index in [1.165, 1.54) is 30.5 Å². The first-order valence-corrected chi connectivity index (χ1v) is 12.8. The molecular formula is C22H31N7O4S. The molecule has 0 saturated heterocycles. The molecule has 0 radical (unpaired) electrons. The Morgan fingerprint density at radius 1 is 1.24 bits per heavy atom. The van der Waals surface area contributed by atoms with E-state index >= 15 is 0 Å². The third-order valence-corrected chi connectivity index (χ3v) is 6.41. The van der Waals surface area contributed by atoms with Crippen molar-refractivity contribution in [3.63, 3.8) is 0 Å². The zero-order chi connectivity index (χ0) is 24.6. The van der Waals surface area contributed by atoms with E-state index in [4.69, 9.17) is 5.14 Å². The van der Waals surface area contributed by atoms with Crippen molar-refractivity contribution in [2.75, 3.05) is 17.3 Å². The number of anilines is 2.